The van der Waals surface area contributed by atoms with Gasteiger partial charge in [-0.05, 0) is 55.4 Å². The molecule has 1 saturated heterocycles. The molecule has 1 amide bonds. The molecule has 6 nitrogen and oxygen atoms in total. The van der Waals surface area contributed by atoms with Crippen LogP contribution in [0.3, 0.4) is 0 Å². The zero-order valence-corrected chi connectivity index (χ0v) is 21.0. The highest BCUT2D eigenvalue weighted by Gasteiger charge is 2.31. The molecule has 3 aromatic carbocycles. The van der Waals surface area contributed by atoms with Crippen molar-refractivity contribution in [1.29, 1.82) is 5.26 Å². The Balaban J connectivity index is 1.39. The molecule has 2 heterocycles. The first-order valence-corrected chi connectivity index (χ1v) is 12.9. The first kappa shape index (κ1) is 24.5. The lowest BCUT2D eigenvalue weighted by Crippen LogP contribution is -2.37. The minimum absolute atomic E-state index is 0.227. The summed E-state index contributed by atoms with van der Waals surface area (Å²) in [6.07, 6.45) is 3.11. The minimum Gasteiger partial charge on any atom is -0.355 e. The minimum atomic E-state index is -1.06. The molecule has 1 aliphatic heterocycles. The topological polar surface area (TPSA) is 81.9 Å². The second kappa shape index (κ2) is 11.2. The first-order valence-electron chi connectivity index (χ1n) is 12.9. The Bertz CT molecular complexity index is 1390. The molecule has 1 fully saturated rings. The molecule has 0 radical (unpaired) electrons. The third-order valence-electron chi connectivity index (χ3n) is 7.18. The summed E-state index contributed by atoms with van der Waals surface area (Å²) in [5.74, 6) is -0.174. The van der Waals surface area contributed by atoms with Crippen LogP contribution >= 0.6 is 0 Å². The van der Waals surface area contributed by atoms with Crippen LogP contribution in [0.15, 0.2) is 84.9 Å². The highest BCUT2D eigenvalue weighted by molar-refractivity contribution is 5.89. The summed E-state index contributed by atoms with van der Waals surface area (Å²) in [4.78, 5) is 25.3. The molecule has 0 unspecified atom stereocenters. The van der Waals surface area contributed by atoms with Gasteiger partial charge in [0.1, 0.15) is 5.69 Å². The second-order valence-electron chi connectivity index (χ2n) is 9.74. The Morgan fingerprint density at radius 2 is 1.54 bits per heavy atom. The summed E-state index contributed by atoms with van der Waals surface area (Å²) in [6, 6.07) is 30.0. The number of anilines is 1. The molecule has 6 heteroatoms. The van der Waals surface area contributed by atoms with Gasteiger partial charge < -0.3 is 10.2 Å². The average Bonchev–Trinajstić information content (AvgIpc) is 2.94. The number of nitriles is 1. The molecule has 0 saturated carbocycles. The van der Waals surface area contributed by atoms with Crippen molar-refractivity contribution in [1.82, 2.24) is 15.3 Å². The molecule has 0 bridgehead atoms. The molecule has 1 aromatic heterocycles. The van der Waals surface area contributed by atoms with Gasteiger partial charge in [0.25, 0.3) is 0 Å². The van der Waals surface area contributed by atoms with Crippen molar-refractivity contribution in [2.24, 2.45) is 5.92 Å². The van der Waals surface area contributed by atoms with E-state index in [0.717, 1.165) is 43.4 Å². The molecule has 4 aromatic rings. The lowest BCUT2D eigenvalue weighted by Gasteiger charge is -2.34. The van der Waals surface area contributed by atoms with E-state index in [1.807, 2.05) is 67.6 Å². The van der Waals surface area contributed by atoms with Gasteiger partial charge in [-0.2, -0.15) is 5.26 Å². The normalized spacial score (nSPS) is 15.6. The Hall–Kier alpha value is -4.24. The zero-order valence-electron chi connectivity index (χ0n) is 21.0. The Morgan fingerprint density at radius 1 is 0.946 bits per heavy atom. The predicted molar refractivity (Wildman–Crippen MR) is 146 cm³/mol. The van der Waals surface area contributed by atoms with Gasteiger partial charge in [-0.1, -0.05) is 72.8 Å². The summed E-state index contributed by atoms with van der Waals surface area (Å²) in [5.41, 5.74) is 4.23. The van der Waals surface area contributed by atoms with Gasteiger partial charge in [0.2, 0.25) is 5.91 Å². The van der Waals surface area contributed by atoms with Crippen molar-refractivity contribution in [3.8, 4) is 6.07 Å². The number of hydrogen-bond acceptors (Lipinski definition) is 5. The van der Waals surface area contributed by atoms with Gasteiger partial charge >= 0.3 is 0 Å². The molecule has 1 aliphatic rings. The molecule has 0 spiro atoms. The molecule has 0 aliphatic carbocycles. The fraction of sp³-hybridized carbons (Fsp3) is 0.290. The molecular weight excluding hydrogens is 458 g/mol. The van der Waals surface area contributed by atoms with E-state index < -0.39 is 5.92 Å². The van der Waals surface area contributed by atoms with E-state index in [2.05, 4.69) is 40.6 Å². The number of aromatic nitrogens is 2. The van der Waals surface area contributed by atoms with Crippen LogP contribution in [-0.2, 0) is 11.2 Å². The van der Waals surface area contributed by atoms with Crippen molar-refractivity contribution >= 4 is 22.8 Å². The summed E-state index contributed by atoms with van der Waals surface area (Å²) in [5, 5.41) is 13.1. The Kier molecular flexibility index (Phi) is 7.41. The highest BCUT2D eigenvalue weighted by atomic mass is 16.2. The molecule has 5 rings (SSSR count). The Morgan fingerprint density at radius 3 is 2.19 bits per heavy atom. The number of benzene rings is 3. The van der Waals surface area contributed by atoms with Crippen LogP contribution in [0.2, 0.25) is 0 Å². The number of piperidine rings is 1. The predicted octanol–water partition coefficient (Wildman–Crippen LogP) is 5.57. The molecule has 1 N–H and O–H groups in total. The van der Waals surface area contributed by atoms with Gasteiger partial charge in [-0.3, -0.25) is 4.79 Å². The summed E-state index contributed by atoms with van der Waals surface area (Å²) in [6.45, 7) is 3.56. The first-order chi connectivity index (χ1) is 18.1. The number of rotatable bonds is 7. The fourth-order valence-electron chi connectivity index (χ4n) is 5.09. The van der Waals surface area contributed by atoms with Crippen molar-refractivity contribution in [2.75, 3.05) is 18.0 Å². The number of fused-ring (bicyclic) bond motifs is 1. The van der Waals surface area contributed by atoms with Crippen LogP contribution in [0.4, 0.5) is 5.82 Å². The quantitative estimate of drug-likeness (QED) is 0.367. The monoisotopic (exact) mass is 489 g/mol. The number of carbonyl (C=O) groups excluding carboxylic acids is 1. The average molecular weight is 490 g/mol. The van der Waals surface area contributed by atoms with E-state index >= 15 is 0 Å². The third-order valence-corrected chi connectivity index (χ3v) is 7.18. The van der Waals surface area contributed by atoms with E-state index in [-0.39, 0.29) is 11.9 Å². The van der Waals surface area contributed by atoms with E-state index in [1.165, 1.54) is 5.56 Å². The van der Waals surface area contributed by atoms with E-state index in [1.54, 1.807) is 0 Å². The van der Waals surface area contributed by atoms with Gasteiger partial charge in [-0.15, -0.1) is 0 Å². The summed E-state index contributed by atoms with van der Waals surface area (Å²) < 4.78 is 0. The molecule has 2 atom stereocenters. The summed E-state index contributed by atoms with van der Waals surface area (Å²) in [7, 11) is 0. The van der Waals surface area contributed by atoms with E-state index in [0.29, 0.717) is 22.9 Å². The standard InChI is InChI=1S/C31H31N5O/c1-22(25-12-6-3-7-13-25)33-31(37)26(21-32)29-30(35-28-15-9-8-14-27(28)34-29)36-18-16-24(17-19-36)20-23-10-4-2-5-11-23/h2-15,22,24,26H,16-20H2,1H3,(H,33,37)/t22-,26+/m1/s1. The van der Waals surface area contributed by atoms with Gasteiger partial charge in [0.05, 0.1) is 23.1 Å². The van der Waals surface area contributed by atoms with Crippen LogP contribution in [0.5, 0.6) is 0 Å². The number of amides is 1. The van der Waals surface area contributed by atoms with Crippen molar-refractivity contribution in [3.05, 3.63) is 102 Å². The second-order valence-corrected chi connectivity index (χ2v) is 9.74. The number of carbonyl (C=O) groups is 1. The number of para-hydroxylation sites is 2. The molecule has 37 heavy (non-hydrogen) atoms. The highest BCUT2D eigenvalue weighted by Crippen LogP contribution is 2.31. The van der Waals surface area contributed by atoms with Gasteiger partial charge in [0.15, 0.2) is 11.7 Å². The van der Waals surface area contributed by atoms with Crippen molar-refractivity contribution < 1.29 is 4.79 Å². The number of nitrogens with one attached hydrogen (secondary N) is 1. The third kappa shape index (κ3) is 5.62. The maximum absolute atomic E-state index is 13.4. The van der Waals surface area contributed by atoms with Crippen LogP contribution in [0.1, 0.15) is 48.5 Å². The van der Waals surface area contributed by atoms with Crippen LogP contribution in [0.25, 0.3) is 11.0 Å². The number of hydrogen-bond donors (Lipinski definition) is 1. The number of nitrogens with zero attached hydrogens (tertiary/aromatic N) is 4. The van der Waals surface area contributed by atoms with Crippen molar-refractivity contribution in [2.45, 2.75) is 38.1 Å². The van der Waals surface area contributed by atoms with Crippen LogP contribution in [-0.4, -0.2) is 29.0 Å². The lowest BCUT2D eigenvalue weighted by atomic mass is 9.90. The maximum Gasteiger partial charge on any atom is 0.244 e. The molecular formula is C31H31N5O. The SMILES string of the molecule is C[C@@H](NC(=O)[C@@H](C#N)c1nc2ccccc2nc1N1CCC(Cc2ccccc2)CC1)c1ccccc1. The molecule has 186 valence electrons. The zero-order chi connectivity index (χ0) is 25.6. The van der Waals surface area contributed by atoms with Crippen molar-refractivity contribution in [3.63, 3.8) is 0 Å². The van der Waals surface area contributed by atoms with Gasteiger partial charge in [-0.25, -0.2) is 9.97 Å². The van der Waals surface area contributed by atoms with E-state index in [4.69, 9.17) is 9.97 Å². The van der Waals surface area contributed by atoms with Gasteiger partial charge in [0, 0.05) is 13.1 Å². The maximum atomic E-state index is 13.4. The Labute approximate surface area is 218 Å². The fourth-order valence-corrected chi connectivity index (χ4v) is 5.09. The smallest absolute Gasteiger partial charge is 0.244 e. The van der Waals surface area contributed by atoms with Crippen LogP contribution < -0.4 is 10.2 Å². The van der Waals surface area contributed by atoms with Crippen LogP contribution in [0, 0.1) is 17.2 Å². The van der Waals surface area contributed by atoms with E-state index in [9.17, 15) is 10.1 Å². The largest absolute Gasteiger partial charge is 0.355 e. The lowest BCUT2D eigenvalue weighted by molar-refractivity contribution is -0.122. The summed E-state index contributed by atoms with van der Waals surface area (Å²) >= 11 is 0.